The first-order valence-corrected chi connectivity index (χ1v) is 8.05. The summed E-state index contributed by atoms with van der Waals surface area (Å²) >= 11 is 0. The molecule has 0 saturated heterocycles. The van der Waals surface area contributed by atoms with E-state index in [-0.39, 0.29) is 0 Å². The summed E-state index contributed by atoms with van der Waals surface area (Å²) in [6, 6.07) is 10.5. The fraction of sp³-hybridized carbons (Fsp3) is 0.667. The Labute approximate surface area is 117 Å². The molecule has 0 radical (unpaired) electrons. The zero-order valence-corrected chi connectivity index (χ0v) is 12.4. The van der Waals surface area contributed by atoms with Gasteiger partial charge in [0.25, 0.3) is 0 Å². The summed E-state index contributed by atoms with van der Waals surface area (Å²) in [6.45, 7) is 4.58. The standard InChI is InChI=1S/C18H27N/c1-13-6-8-15(9-7-13)18(16-10-11-16)19-17-5-3-4-14(2)12-17/h6-9,14,16-19H,3-5,10-12H2,1-2H3. The second-order valence-corrected chi connectivity index (χ2v) is 6.86. The number of hydrogen-bond donors (Lipinski definition) is 1. The lowest BCUT2D eigenvalue weighted by Crippen LogP contribution is -2.37. The third-order valence-corrected chi connectivity index (χ3v) is 4.88. The summed E-state index contributed by atoms with van der Waals surface area (Å²) in [5.74, 6) is 1.80. The molecule has 0 heterocycles. The van der Waals surface area contributed by atoms with Crippen molar-refractivity contribution >= 4 is 0 Å². The average molecular weight is 257 g/mol. The molecule has 2 aliphatic rings. The highest BCUT2D eigenvalue weighted by atomic mass is 15.0. The predicted molar refractivity (Wildman–Crippen MR) is 81.2 cm³/mol. The molecular weight excluding hydrogens is 230 g/mol. The van der Waals surface area contributed by atoms with Gasteiger partial charge < -0.3 is 5.32 Å². The molecule has 2 saturated carbocycles. The van der Waals surface area contributed by atoms with Gasteiger partial charge in [-0.3, -0.25) is 0 Å². The first-order chi connectivity index (χ1) is 9.22. The normalized spacial score (nSPS) is 29.2. The molecule has 19 heavy (non-hydrogen) atoms. The molecule has 1 heteroatoms. The molecule has 0 aromatic heterocycles. The monoisotopic (exact) mass is 257 g/mol. The summed E-state index contributed by atoms with van der Waals surface area (Å²) in [6.07, 6.45) is 8.40. The molecule has 3 atom stereocenters. The van der Waals surface area contributed by atoms with Crippen LogP contribution in [0.2, 0.25) is 0 Å². The van der Waals surface area contributed by atoms with Gasteiger partial charge in [0.1, 0.15) is 0 Å². The topological polar surface area (TPSA) is 12.0 Å². The molecule has 3 unspecified atom stereocenters. The summed E-state index contributed by atoms with van der Waals surface area (Å²) in [5.41, 5.74) is 2.87. The molecule has 2 aliphatic carbocycles. The van der Waals surface area contributed by atoms with Crippen LogP contribution in [0.3, 0.4) is 0 Å². The minimum absolute atomic E-state index is 0.607. The SMILES string of the molecule is Cc1ccc(C(NC2CCCC(C)C2)C2CC2)cc1. The molecule has 0 spiro atoms. The van der Waals surface area contributed by atoms with Gasteiger partial charge >= 0.3 is 0 Å². The summed E-state index contributed by atoms with van der Waals surface area (Å²) < 4.78 is 0. The minimum Gasteiger partial charge on any atom is -0.307 e. The molecule has 1 aromatic rings. The van der Waals surface area contributed by atoms with Crippen LogP contribution in [0.1, 0.15) is 62.6 Å². The van der Waals surface area contributed by atoms with E-state index in [2.05, 4.69) is 43.4 Å². The molecule has 104 valence electrons. The van der Waals surface area contributed by atoms with Crippen molar-refractivity contribution in [3.63, 3.8) is 0 Å². The maximum Gasteiger partial charge on any atom is 0.0351 e. The molecule has 2 fully saturated rings. The van der Waals surface area contributed by atoms with Crippen LogP contribution in [0.4, 0.5) is 0 Å². The van der Waals surface area contributed by atoms with Crippen LogP contribution in [0.25, 0.3) is 0 Å². The quantitative estimate of drug-likeness (QED) is 0.830. The maximum atomic E-state index is 3.98. The molecular formula is C18H27N. The van der Waals surface area contributed by atoms with Crippen LogP contribution < -0.4 is 5.32 Å². The van der Waals surface area contributed by atoms with E-state index in [1.54, 1.807) is 0 Å². The molecule has 0 amide bonds. The second kappa shape index (κ2) is 5.66. The highest BCUT2D eigenvalue weighted by Gasteiger charge is 2.34. The van der Waals surface area contributed by atoms with E-state index < -0.39 is 0 Å². The molecule has 3 rings (SSSR count). The lowest BCUT2D eigenvalue weighted by molar-refractivity contribution is 0.271. The van der Waals surface area contributed by atoms with E-state index in [1.807, 2.05) is 0 Å². The first-order valence-electron chi connectivity index (χ1n) is 8.05. The van der Waals surface area contributed by atoms with Gasteiger partial charge in [-0.1, -0.05) is 49.6 Å². The van der Waals surface area contributed by atoms with Gasteiger partial charge in [0.2, 0.25) is 0 Å². The molecule has 1 aromatic carbocycles. The van der Waals surface area contributed by atoms with Crippen LogP contribution in [0, 0.1) is 18.8 Å². The molecule has 0 aliphatic heterocycles. The Hall–Kier alpha value is -0.820. The Morgan fingerprint density at radius 3 is 2.42 bits per heavy atom. The Bertz CT molecular complexity index is 404. The third-order valence-electron chi connectivity index (χ3n) is 4.88. The van der Waals surface area contributed by atoms with Gasteiger partial charge in [0, 0.05) is 12.1 Å². The highest BCUT2D eigenvalue weighted by Crippen LogP contribution is 2.42. The number of benzene rings is 1. The van der Waals surface area contributed by atoms with Crippen molar-refractivity contribution in [3.05, 3.63) is 35.4 Å². The maximum absolute atomic E-state index is 3.98. The zero-order valence-electron chi connectivity index (χ0n) is 12.4. The Morgan fingerprint density at radius 2 is 1.79 bits per heavy atom. The smallest absolute Gasteiger partial charge is 0.0351 e. The number of nitrogens with one attached hydrogen (secondary N) is 1. The van der Waals surface area contributed by atoms with E-state index >= 15 is 0 Å². The van der Waals surface area contributed by atoms with Crippen molar-refractivity contribution in [2.45, 2.75) is 64.5 Å². The van der Waals surface area contributed by atoms with Gasteiger partial charge in [-0.25, -0.2) is 0 Å². The fourth-order valence-electron chi connectivity index (χ4n) is 3.55. The van der Waals surface area contributed by atoms with Crippen LogP contribution in [-0.4, -0.2) is 6.04 Å². The van der Waals surface area contributed by atoms with Gasteiger partial charge in [-0.2, -0.15) is 0 Å². The lowest BCUT2D eigenvalue weighted by Gasteiger charge is -2.32. The molecule has 0 bridgehead atoms. The van der Waals surface area contributed by atoms with Crippen molar-refractivity contribution in [2.75, 3.05) is 0 Å². The third kappa shape index (κ3) is 3.39. The van der Waals surface area contributed by atoms with Crippen LogP contribution in [0.15, 0.2) is 24.3 Å². The number of aryl methyl sites for hydroxylation is 1. The van der Waals surface area contributed by atoms with Crippen LogP contribution in [0.5, 0.6) is 0 Å². The Kier molecular flexibility index (Phi) is 3.93. The van der Waals surface area contributed by atoms with E-state index in [1.165, 1.54) is 49.7 Å². The van der Waals surface area contributed by atoms with E-state index in [0.717, 1.165) is 17.9 Å². The Morgan fingerprint density at radius 1 is 1.05 bits per heavy atom. The summed E-state index contributed by atoms with van der Waals surface area (Å²) in [4.78, 5) is 0. The van der Waals surface area contributed by atoms with E-state index in [4.69, 9.17) is 0 Å². The van der Waals surface area contributed by atoms with E-state index in [9.17, 15) is 0 Å². The predicted octanol–water partition coefficient (Wildman–Crippen LogP) is 4.61. The summed E-state index contributed by atoms with van der Waals surface area (Å²) in [7, 11) is 0. The zero-order chi connectivity index (χ0) is 13.2. The van der Waals surface area contributed by atoms with Gasteiger partial charge in [0.05, 0.1) is 0 Å². The van der Waals surface area contributed by atoms with E-state index in [0.29, 0.717) is 6.04 Å². The minimum atomic E-state index is 0.607. The van der Waals surface area contributed by atoms with Crippen molar-refractivity contribution in [3.8, 4) is 0 Å². The number of hydrogen-bond acceptors (Lipinski definition) is 1. The molecule has 1 nitrogen and oxygen atoms in total. The van der Waals surface area contributed by atoms with Gasteiger partial charge in [-0.05, 0) is 50.0 Å². The largest absolute Gasteiger partial charge is 0.307 e. The highest BCUT2D eigenvalue weighted by molar-refractivity contribution is 5.25. The first kappa shape index (κ1) is 13.2. The van der Waals surface area contributed by atoms with Crippen molar-refractivity contribution in [1.29, 1.82) is 0 Å². The summed E-state index contributed by atoms with van der Waals surface area (Å²) in [5, 5.41) is 3.98. The van der Waals surface area contributed by atoms with Crippen LogP contribution >= 0.6 is 0 Å². The average Bonchev–Trinajstić information content (AvgIpc) is 3.22. The Balaban J connectivity index is 1.69. The lowest BCUT2D eigenvalue weighted by atomic mass is 9.86. The molecule has 1 N–H and O–H groups in total. The fourth-order valence-corrected chi connectivity index (χ4v) is 3.55. The van der Waals surface area contributed by atoms with Gasteiger partial charge in [0.15, 0.2) is 0 Å². The number of rotatable bonds is 4. The van der Waals surface area contributed by atoms with Crippen LogP contribution in [-0.2, 0) is 0 Å². The second-order valence-electron chi connectivity index (χ2n) is 6.86. The van der Waals surface area contributed by atoms with Crippen molar-refractivity contribution in [2.24, 2.45) is 11.8 Å². The van der Waals surface area contributed by atoms with Crippen molar-refractivity contribution in [1.82, 2.24) is 5.32 Å². The van der Waals surface area contributed by atoms with Crippen molar-refractivity contribution < 1.29 is 0 Å². The van der Waals surface area contributed by atoms with Gasteiger partial charge in [-0.15, -0.1) is 0 Å².